The van der Waals surface area contributed by atoms with Gasteiger partial charge in [0.25, 0.3) is 0 Å². The molecule has 1 aliphatic carbocycles. The fourth-order valence-electron chi connectivity index (χ4n) is 4.02. The minimum atomic E-state index is -0.654. The second-order valence-electron chi connectivity index (χ2n) is 6.66. The molecule has 1 heterocycles. The van der Waals surface area contributed by atoms with Gasteiger partial charge in [0.2, 0.25) is 0 Å². The van der Waals surface area contributed by atoms with Crippen molar-refractivity contribution in [2.24, 2.45) is 0 Å². The lowest BCUT2D eigenvalue weighted by molar-refractivity contribution is -0.143. The molecule has 0 bridgehead atoms. The van der Waals surface area contributed by atoms with Crippen LogP contribution >= 0.6 is 0 Å². The SMILES string of the molecule is Cc1ccc(N2CCCCC2)c(C2(C(=O)O)CCCC2)c1. The average Bonchev–Trinajstić information content (AvgIpc) is 2.99. The standard InChI is InChI=1S/C18H25NO2/c1-14-7-8-16(19-11-5-2-6-12-19)15(13-14)18(17(20)21)9-3-4-10-18/h7-8,13H,2-6,9-12H2,1H3,(H,20,21). The summed E-state index contributed by atoms with van der Waals surface area (Å²) in [6, 6.07) is 6.40. The van der Waals surface area contributed by atoms with Gasteiger partial charge in [-0.25, -0.2) is 0 Å². The van der Waals surface area contributed by atoms with Crippen LogP contribution in [0.2, 0.25) is 0 Å². The number of aryl methyl sites for hydroxylation is 1. The second-order valence-corrected chi connectivity index (χ2v) is 6.66. The third-order valence-electron chi connectivity index (χ3n) is 5.23. The first-order chi connectivity index (χ1) is 10.1. The number of nitrogens with zero attached hydrogens (tertiary/aromatic N) is 1. The van der Waals surface area contributed by atoms with Gasteiger partial charge in [-0.05, 0) is 50.7 Å². The molecule has 0 radical (unpaired) electrons. The van der Waals surface area contributed by atoms with Crippen molar-refractivity contribution >= 4 is 11.7 Å². The summed E-state index contributed by atoms with van der Waals surface area (Å²) in [6.07, 6.45) is 7.35. The third-order valence-corrected chi connectivity index (χ3v) is 5.23. The van der Waals surface area contributed by atoms with E-state index in [1.807, 2.05) is 0 Å². The highest BCUT2D eigenvalue weighted by atomic mass is 16.4. The molecule has 1 N–H and O–H groups in total. The molecule has 3 rings (SSSR count). The number of benzene rings is 1. The van der Waals surface area contributed by atoms with Crippen molar-refractivity contribution in [2.75, 3.05) is 18.0 Å². The Hall–Kier alpha value is -1.51. The van der Waals surface area contributed by atoms with Crippen LogP contribution in [0.1, 0.15) is 56.1 Å². The van der Waals surface area contributed by atoms with E-state index in [2.05, 4.69) is 30.0 Å². The van der Waals surface area contributed by atoms with Gasteiger partial charge < -0.3 is 10.0 Å². The molecule has 21 heavy (non-hydrogen) atoms. The molecule has 1 saturated carbocycles. The van der Waals surface area contributed by atoms with Crippen LogP contribution in [0.15, 0.2) is 18.2 Å². The van der Waals surface area contributed by atoms with E-state index < -0.39 is 11.4 Å². The van der Waals surface area contributed by atoms with E-state index in [4.69, 9.17) is 0 Å². The minimum Gasteiger partial charge on any atom is -0.481 e. The number of anilines is 1. The first kappa shape index (κ1) is 14.4. The number of hydrogen-bond acceptors (Lipinski definition) is 2. The molecule has 3 nitrogen and oxygen atoms in total. The Balaban J connectivity index is 2.07. The molecule has 3 heteroatoms. The number of aliphatic carboxylic acids is 1. The summed E-state index contributed by atoms with van der Waals surface area (Å²) in [6.45, 7) is 4.19. The van der Waals surface area contributed by atoms with Crippen LogP contribution in [0.25, 0.3) is 0 Å². The van der Waals surface area contributed by atoms with Gasteiger partial charge in [-0.2, -0.15) is 0 Å². The van der Waals surface area contributed by atoms with Crippen molar-refractivity contribution in [1.29, 1.82) is 0 Å². The molecule has 1 aromatic rings. The van der Waals surface area contributed by atoms with Gasteiger partial charge in [-0.15, -0.1) is 0 Å². The Morgan fingerprint density at radius 2 is 1.76 bits per heavy atom. The molecular weight excluding hydrogens is 262 g/mol. The van der Waals surface area contributed by atoms with Gasteiger partial charge in [-0.3, -0.25) is 4.79 Å². The van der Waals surface area contributed by atoms with Gasteiger partial charge in [0.1, 0.15) is 0 Å². The maximum atomic E-state index is 12.1. The summed E-state index contributed by atoms with van der Waals surface area (Å²) >= 11 is 0. The number of carboxylic acid groups (broad SMARTS) is 1. The van der Waals surface area contributed by atoms with Gasteiger partial charge >= 0.3 is 5.97 Å². The topological polar surface area (TPSA) is 40.5 Å². The summed E-state index contributed by atoms with van der Waals surface area (Å²) < 4.78 is 0. The lowest BCUT2D eigenvalue weighted by atomic mass is 9.77. The number of carboxylic acids is 1. The maximum absolute atomic E-state index is 12.1. The minimum absolute atomic E-state index is 0.635. The molecule has 0 unspecified atom stereocenters. The van der Waals surface area contributed by atoms with Crippen LogP contribution in [0.4, 0.5) is 5.69 Å². The van der Waals surface area contributed by atoms with Crippen molar-refractivity contribution in [3.63, 3.8) is 0 Å². The molecule has 114 valence electrons. The molecule has 1 aromatic carbocycles. The van der Waals surface area contributed by atoms with Gasteiger partial charge in [-0.1, -0.05) is 30.5 Å². The molecule has 1 saturated heterocycles. The molecule has 0 atom stereocenters. The van der Waals surface area contributed by atoms with Crippen LogP contribution in [0.3, 0.4) is 0 Å². The van der Waals surface area contributed by atoms with E-state index in [9.17, 15) is 9.90 Å². The normalized spacial score (nSPS) is 21.5. The van der Waals surface area contributed by atoms with E-state index in [-0.39, 0.29) is 0 Å². The fourth-order valence-corrected chi connectivity index (χ4v) is 4.02. The van der Waals surface area contributed by atoms with E-state index in [1.54, 1.807) is 0 Å². The van der Waals surface area contributed by atoms with Crippen LogP contribution in [-0.4, -0.2) is 24.2 Å². The van der Waals surface area contributed by atoms with Crippen LogP contribution < -0.4 is 4.90 Å². The predicted molar refractivity (Wildman–Crippen MR) is 85.0 cm³/mol. The quantitative estimate of drug-likeness (QED) is 0.917. The van der Waals surface area contributed by atoms with Gasteiger partial charge in [0, 0.05) is 18.8 Å². The van der Waals surface area contributed by atoms with Crippen LogP contribution in [0.5, 0.6) is 0 Å². The summed E-state index contributed by atoms with van der Waals surface area (Å²) in [5, 5.41) is 9.91. The molecule has 2 aliphatic rings. The average molecular weight is 287 g/mol. The van der Waals surface area contributed by atoms with Crippen molar-refractivity contribution < 1.29 is 9.90 Å². The number of piperidine rings is 1. The Kier molecular flexibility index (Phi) is 3.92. The van der Waals surface area contributed by atoms with Crippen LogP contribution in [0, 0.1) is 6.92 Å². The number of carbonyl (C=O) groups is 1. The Labute approximate surface area is 127 Å². The molecule has 0 amide bonds. The molecule has 0 aromatic heterocycles. The predicted octanol–water partition coefficient (Wildman–Crippen LogP) is 3.88. The van der Waals surface area contributed by atoms with E-state index in [0.717, 1.165) is 44.3 Å². The molecule has 2 fully saturated rings. The number of hydrogen-bond donors (Lipinski definition) is 1. The highest BCUT2D eigenvalue weighted by Gasteiger charge is 2.44. The largest absolute Gasteiger partial charge is 0.481 e. The zero-order valence-corrected chi connectivity index (χ0v) is 12.9. The summed E-state index contributed by atoms with van der Waals surface area (Å²) in [5.41, 5.74) is 2.75. The monoisotopic (exact) mass is 287 g/mol. The van der Waals surface area contributed by atoms with Gasteiger partial charge in [0.05, 0.1) is 5.41 Å². The first-order valence-corrected chi connectivity index (χ1v) is 8.23. The second kappa shape index (κ2) is 5.70. The zero-order chi connectivity index (χ0) is 14.9. The number of rotatable bonds is 3. The summed E-state index contributed by atoms with van der Waals surface area (Å²) in [4.78, 5) is 14.5. The van der Waals surface area contributed by atoms with Crippen molar-refractivity contribution in [3.8, 4) is 0 Å². The summed E-state index contributed by atoms with van der Waals surface area (Å²) in [7, 11) is 0. The highest BCUT2D eigenvalue weighted by Crippen LogP contribution is 2.45. The molecular formula is C18H25NO2. The van der Waals surface area contributed by atoms with Gasteiger partial charge in [0.15, 0.2) is 0 Å². The molecule has 0 spiro atoms. The van der Waals surface area contributed by atoms with Crippen molar-refractivity contribution in [2.45, 2.75) is 57.3 Å². The van der Waals surface area contributed by atoms with Crippen molar-refractivity contribution in [1.82, 2.24) is 0 Å². The molecule has 1 aliphatic heterocycles. The first-order valence-electron chi connectivity index (χ1n) is 8.23. The van der Waals surface area contributed by atoms with E-state index in [0.29, 0.717) is 0 Å². The smallest absolute Gasteiger partial charge is 0.314 e. The zero-order valence-electron chi connectivity index (χ0n) is 12.9. The third kappa shape index (κ3) is 2.54. The van der Waals surface area contributed by atoms with E-state index >= 15 is 0 Å². The Morgan fingerprint density at radius 1 is 1.10 bits per heavy atom. The van der Waals surface area contributed by atoms with Crippen LogP contribution in [-0.2, 0) is 10.2 Å². The van der Waals surface area contributed by atoms with Crippen molar-refractivity contribution in [3.05, 3.63) is 29.3 Å². The Morgan fingerprint density at radius 3 is 2.38 bits per heavy atom. The lowest BCUT2D eigenvalue weighted by Crippen LogP contribution is -2.37. The summed E-state index contributed by atoms with van der Waals surface area (Å²) in [5.74, 6) is -0.635. The highest BCUT2D eigenvalue weighted by molar-refractivity contribution is 5.85. The fraction of sp³-hybridized carbons (Fsp3) is 0.611. The maximum Gasteiger partial charge on any atom is 0.314 e. The Bertz CT molecular complexity index is 526. The van der Waals surface area contributed by atoms with E-state index in [1.165, 1.54) is 30.5 Å². The lowest BCUT2D eigenvalue weighted by Gasteiger charge is -2.35.